The number of nitrogens with one attached hydrogen (secondary N) is 1. The molecule has 3 amide bonds. The van der Waals surface area contributed by atoms with E-state index in [1.807, 2.05) is 17.9 Å². The maximum absolute atomic E-state index is 13.2. The fraction of sp³-hybridized carbons (Fsp3) is 0.259. The average Bonchev–Trinajstić information content (AvgIpc) is 2.86. The van der Waals surface area contributed by atoms with Gasteiger partial charge in [0.25, 0.3) is 5.91 Å². The number of urea groups is 1. The number of hydrogen-bond donors (Lipinski definition) is 1. The monoisotopic (exact) mass is 459 g/mol. The molecule has 1 saturated heterocycles. The molecule has 7 heteroatoms. The summed E-state index contributed by atoms with van der Waals surface area (Å²) in [5.41, 5.74) is 4.06. The van der Waals surface area contributed by atoms with Crippen LogP contribution in [-0.2, 0) is 6.54 Å². The molecule has 0 aliphatic carbocycles. The van der Waals surface area contributed by atoms with E-state index in [1.165, 1.54) is 5.56 Å². The Balaban J connectivity index is 1.48. The Morgan fingerprint density at radius 3 is 2.44 bits per heavy atom. The Morgan fingerprint density at radius 1 is 0.941 bits per heavy atom. The van der Waals surface area contributed by atoms with Gasteiger partial charge in [0, 0.05) is 42.6 Å². The highest BCUT2D eigenvalue weighted by Gasteiger charge is 2.27. The molecule has 0 unspecified atom stereocenters. The minimum Gasteiger partial charge on any atom is -0.493 e. The van der Waals surface area contributed by atoms with Crippen molar-refractivity contribution in [3.8, 4) is 11.5 Å². The van der Waals surface area contributed by atoms with Gasteiger partial charge in [0.15, 0.2) is 11.5 Å². The zero-order valence-electron chi connectivity index (χ0n) is 19.7. The number of anilines is 2. The Morgan fingerprint density at radius 2 is 1.71 bits per heavy atom. The molecule has 1 N–H and O–H groups in total. The van der Waals surface area contributed by atoms with Crippen molar-refractivity contribution in [2.75, 3.05) is 37.5 Å². The smallest absolute Gasteiger partial charge is 0.324 e. The van der Waals surface area contributed by atoms with Crippen molar-refractivity contribution in [1.82, 2.24) is 4.90 Å². The maximum Gasteiger partial charge on any atom is 0.324 e. The first-order valence-electron chi connectivity index (χ1n) is 11.2. The van der Waals surface area contributed by atoms with Gasteiger partial charge in [0.2, 0.25) is 0 Å². The van der Waals surface area contributed by atoms with Gasteiger partial charge in [0.1, 0.15) is 0 Å². The third-order valence-electron chi connectivity index (χ3n) is 5.87. The predicted octanol–water partition coefficient (Wildman–Crippen LogP) is 5.10. The molecule has 0 radical (unpaired) electrons. The van der Waals surface area contributed by atoms with Crippen LogP contribution in [0.3, 0.4) is 0 Å². The van der Waals surface area contributed by atoms with Crippen molar-refractivity contribution in [2.45, 2.75) is 19.9 Å². The second-order valence-corrected chi connectivity index (χ2v) is 8.27. The molecule has 1 aliphatic rings. The molecule has 0 bridgehead atoms. The third kappa shape index (κ3) is 5.14. The molecular formula is C27H29N3O4. The molecule has 0 aromatic heterocycles. The van der Waals surface area contributed by atoms with E-state index in [0.29, 0.717) is 48.1 Å². The Kier molecular flexibility index (Phi) is 7.01. The normalized spacial score (nSPS) is 13.6. The number of hydrogen-bond acceptors (Lipinski definition) is 4. The SMILES string of the molecule is COc1ccc(NC(=O)c2cccc(N3CCCN(Cc4ccc(C)cc4)C3=O)c2)cc1OC. The molecule has 3 aromatic carbocycles. The van der Waals surface area contributed by atoms with Crippen LogP contribution in [0.15, 0.2) is 66.7 Å². The van der Waals surface area contributed by atoms with Gasteiger partial charge >= 0.3 is 6.03 Å². The Bertz CT molecular complexity index is 1180. The number of ether oxygens (including phenoxy) is 2. The molecule has 0 spiro atoms. The van der Waals surface area contributed by atoms with E-state index in [4.69, 9.17) is 9.47 Å². The summed E-state index contributed by atoms with van der Waals surface area (Å²) in [5.74, 6) is 0.845. The van der Waals surface area contributed by atoms with Gasteiger partial charge in [-0.1, -0.05) is 35.9 Å². The van der Waals surface area contributed by atoms with Crippen molar-refractivity contribution >= 4 is 23.3 Å². The lowest BCUT2D eigenvalue weighted by atomic mass is 10.1. The Hall–Kier alpha value is -4.00. The van der Waals surface area contributed by atoms with Crippen LogP contribution in [0.25, 0.3) is 0 Å². The van der Waals surface area contributed by atoms with Crippen LogP contribution < -0.4 is 19.7 Å². The van der Waals surface area contributed by atoms with Gasteiger partial charge in [-0.2, -0.15) is 0 Å². The first kappa shape index (κ1) is 23.2. The van der Waals surface area contributed by atoms with E-state index in [0.717, 1.165) is 12.0 Å². The minimum atomic E-state index is -0.268. The quantitative estimate of drug-likeness (QED) is 0.534. The van der Waals surface area contributed by atoms with Crippen molar-refractivity contribution in [3.63, 3.8) is 0 Å². The van der Waals surface area contributed by atoms with E-state index < -0.39 is 0 Å². The van der Waals surface area contributed by atoms with Gasteiger partial charge < -0.3 is 19.7 Å². The molecule has 1 heterocycles. The summed E-state index contributed by atoms with van der Waals surface area (Å²) in [4.78, 5) is 29.7. The highest BCUT2D eigenvalue weighted by molar-refractivity contribution is 6.05. The fourth-order valence-corrected chi connectivity index (χ4v) is 4.01. The molecule has 34 heavy (non-hydrogen) atoms. The summed E-state index contributed by atoms with van der Waals surface area (Å²) in [5, 5.41) is 2.88. The Labute approximate surface area is 199 Å². The molecular weight excluding hydrogens is 430 g/mol. The second kappa shape index (κ2) is 10.3. The molecule has 0 atom stereocenters. The summed E-state index contributed by atoms with van der Waals surface area (Å²) in [6.07, 6.45) is 0.861. The summed E-state index contributed by atoms with van der Waals surface area (Å²) >= 11 is 0. The molecule has 1 aliphatic heterocycles. The van der Waals surface area contributed by atoms with Gasteiger partial charge in [-0.3, -0.25) is 9.69 Å². The van der Waals surface area contributed by atoms with E-state index in [2.05, 4.69) is 29.6 Å². The van der Waals surface area contributed by atoms with E-state index in [1.54, 1.807) is 55.5 Å². The number of benzene rings is 3. The van der Waals surface area contributed by atoms with Gasteiger partial charge in [-0.05, 0) is 49.2 Å². The fourth-order valence-electron chi connectivity index (χ4n) is 4.01. The average molecular weight is 460 g/mol. The van der Waals surface area contributed by atoms with Crippen molar-refractivity contribution in [1.29, 1.82) is 0 Å². The molecule has 176 valence electrons. The van der Waals surface area contributed by atoms with E-state index >= 15 is 0 Å². The first-order chi connectivity index (χ1) is 16.5. The van der Waals surface area contributed by atoms with Gasteiger partial charge in [-0.15, -0.1) is 0 Å². The zero-order chi connectivity index (χ0) is 24.1. The lowest BCUT2D eigenvalue weighted by Crippen LogP contribution is -2.49. The van der Waals surface area contributed by atoms with Crippen molar-refractivity contribution in [2.24, 2.45) is 0 Å². The number of carbonyl (C=O) groups excluding carboxylic acids is 2. The van der Waals surface area contributed by atoms with Crippen molar-refractivity contribution < 1.29 is 19.1 Å². The maximum atomic E-state index is 13.2. The first-order valence-corrected chi connectivity index (χ1v) is 11.2. The van der Waals surface area contributed by atoms with Gasteiger partial charge in [-0.25, -0.2) is 4.79 Å². The minimum absolute atomic E-state index is 0.0516. The molecule has 7 nitrogen and oxygen atoms in total. The molecule has 4 rings (SSSR count). The number of rotatable bonds is 7. The third-order valence-corrected chi connectivity index (χ3v) is 5.87. The lowest BCUT2D eigenvalue weighted by molar-refractivity contribution is 0.102. The predicted molar refractivity (Wildman–Crippen MR) is 133 cm³/mol. The molecule has 3 aromatic rings. The van der Waals surface area contributed by atoms with E-state index in [9.17, 15) is 9.59 Å². The van der Waals surface area contributed by atoms with Crippen LogP contribution in [0.4, 0.5) is 16.2 Å². The standard InChI is InChI=1S/C27H29N3O4/c1-19-8-10-20(11-9-19)18-29-14-5-15-30(27(29)32)23-7-4-6-21(16-23)26(31)28-22-12-13-24(33-2)25(17-22)34-3/h4,6-13,16-17H,5,14-15,18H2,1-3H3,(H,28,31). The van der Waals surface area contributed by atoms with E-state index in [-0.39, 0.29) is 11.9 Å². The zero-order valence-corrected chi connectivity index (χ0v) is 19.7. The van der Waals surface area contributed by atoms with Crippen LogP contribution in [0.2, 0.25) is 0 Å². The highest BCUT2D eigenvalue weighted by Crippen LogP contribution is 2.30. The lowest BCUT2D eigenvalue weighted by Gasteiger charge is -2.36. The molecule has 0 saturated carbocycles. The summed E-state index contributed by atoms with van der Waals surface area (Å²) in [7, 11) is 3.11. The number of amides is 3. The van der Waals surface area contributed by atoms with Crippen LogP contribution in [0.5, 0.6) is 11.5 Å². The number of nitrogens with zero attached hydrogens (tertiary/aromatic N) is 2. The second-order valence-electron chi connectivity index (χ2n) is 8.27. The summed E-state index contributed by atoms with van der Waals surface area (Å²) in [6, 6.07) is 20.5. The summed E-state index contributed by atoms with van der Waals surface area (Å²) in [6.45, 7) is 3.94. The van der Waals surface area contributed by atoms with Crippen LogP contribution in [-0.4, -0.2) is 44.1 Å². The topological polar surface area (TPSA) is 71.1 Å². The number of carbonyl (C=O) groups is 2. The number of methoxy groups -OCH3 is 2. The number of aryl methyl sites for hydroxylation is 1. The van der Waals surface area contributed by atoms with Crippen LogP contribution in [0.1, 0.15) is 27.9 Å². The summed E-state index contributed by atoms with van der Waals surface area (Å²) < 4.78 is 10.6. The van der Waals surface area contributed by atoms with Gasteiger partial charge in [0.05, 0.1) is 14.2 Å². The molecule has 1 fully saturated rings. The van der Waals surface area contributed by atoms with Crippen LogP contribution >= 0.6 is 0 Å². The van der Waals surface area contributed by atoms with Crippen LogP contribution in [0, 0.1) is 6.92 Å². The highest BCUT2D eigenvalue weighted by atomic mass is 16.5. The van der Waals surface area contributed by atoms with Crippen molar-refractivity contribution in [3.05, 3.63) is 83.4 Å². The largest absolute Gasteiger partial charge is 0.493 e.